The van der Waals surface area contributed by atoms with Crippen LogP contribution in [0.3, 0.4) is 0 Å². The molecule has 3 aromatic heterocycles. The number of thiazole rings is 2. The molecular formula is C16H19N5O2S2. The molecular weight excluding hydrogens is 358 g/mol. The van der Waals surface area contributed by atoms with Gasteiger partial charge < -0.3 is 5.73 Å². The summed E-state index contributed by atoms with van der Waals surface area (Å²) in [4.78, 5) is 33.8. The SMILES string of the molecule is CCCn1c(N)c(-c2csc(Cc3csc(C)n3)n2)c(=O)n(C)c1=O. The normalized spacial score (nSPS) is 11.2. The first-order valence-electron chi connectivity index (χ1n) is 7.87. The summed E-state index contributed by atoms with van der Waals surface area (Å²) >= 11 is 3.05. The Morgan fingerprint density at radius 2 is 1.96 bits per heavy atom. The summed E-state index contributed by atoms with van der Waals surface area (Å²) in [5.41, 5.74) is 7.07. The van der Waals surface area contributed by atoms with Crippen LogP contribution < -0.4 is 17.0 Å². The van der Waals surface area contributed by atoms with Gasteiger partial charge >= 0.3 is 5.69 Å². The maximum absolute atomic E-state index is 12.6. The molecule has 0 aliphatic carbocycles. The second-order valence-electron chi connectivity index (χ2n) is 5.72. The lowest BCUT2D eigenvalue weighted by Gasteiger charge is -2.13. The third kappa shape index (κ3) is 3.29. The number of nitrogens with two attached hydrogens (primary N) is 1. The highest BCUT2D eigenvalue weighted by Crippen LogP contribution is 2.25. The summed E-state index contributed by atoms with van der Waals surface area (Å²) in [5.74, 6) is 0.177. The molecule has 3 rings (SSSR count). The summed E-state index contributed by atoms with van der Waals surface area (Å²) in [7, 11) is 1.46. The van der Waals surface area contributed by atoms with Gasteiger partial charge in [0.25, 0.3) is 5.56 Å². The fourth-order valence-corrected chi connectivity index (χ4v) is 4.03. The van der Waals surface area contributed by atoms with Gasteiger partial charge in [0.05, 0.1) is 21.4 Å². The van der Waals surface area contributed by atoms with Crippen molar-refractivity contribution >= 4 is 28.5 Å². The van der Waals surface area contributed by atoms with E-state index in [1.165, 1.54) is 23.0 Å². The fourth-order valence-electron chi connectivity index (χ4n) is 2.61. The van der Waals surface area contributed by atoms with Crippen molar-refractivity contribution < 1.29 is 0 Å². The number of hydrogen-bond acceptors (Lipinski definition) is 7. The van der Waals surface area contributed by atoms with E-state index in [-0.39, 0.29) is 11.4 Å². The quantitative estimate of drug-likeness (QED) is 0.734. The minimum atomic E-state index is -0.420. The van der Waals surface area contributed by atoms with Crippen LogP contribution in [-0.2, 0) is 20.0 Å². The van der Waals surface area contributed by atoms with Gasteiger partial charge in [0.1, 0.15) is 11.4 Å². The molecule has 2 N–H and O–H groups in total. The first-order chi connectivity index (χ1) is 11.9. The molecule has 0 aliphatic rings. The van der Waals surface area contributed by atoms with E-state index in [1.54, 1.807) is 11.3 Å². The van der Waals surface area contributed by atoms with E-state index in [1.807, 2.05) is 24.6 Å². The zero-order valence-corrected chi connectivity index (χ0v) is 15.9. The van der Waals surface area contributed by atoms with Gasteiger partial charge in [-0.15, -0.1) is 22.7 Å². The minimum absolute atomic E-state index is 0.177. The largest absolute Gasteiger partial charge is 0.384 e. The molecule has 0 unspecified atom stereocenters. The van der Waals surface area contributed by atoms with Crippen molar-refractivity contribution in [3.63, 3.8) is 0 Å². The van der Waals surface area contributed by atoms with Gasteiger partial charge in [-0.25, -0.2) is 14.8 Å². The Bertz CT molecular complexity index is 1030. The standard InChI is InChI=1S/C16H19N5O2S2/c1-4-5-21-14(17)13(15(22)20(3)16(21)23)11-8-25-12(19-11)6-10-7-24-9(2)18-10/h7-8H,4-6,17H2,1-3H3. The zero-order chi connectivity index (χ0) is 18.1. The zero-order valence-electron chi connectivity index (χ0n) is 14.3. The van der Waals surface area contributed by atoms with Crippen LogP contribution in [0.2, 0.25) is 0 Å². The molecule has 0 aromatic carbocycles. The Labute approximate surface area is 152 Å². The Morgan fingerprint density at radius 1 is 1.20 bits per heavy atom. The van der Waals surface area contributed by atoms with Crippen LogP contribution in [0.4, 0.5) is 5.82 Å². The number of rotatable bonds is 5. The molecule has 9 heteroatoms. The minimum Gasteiger partial charge on any atom is -0.384 e. The molecule has 0 fully saturated rings. The summed E-state index contributed by atoms with van der Waals surface area (Å²) < 4.78 is 2.52. The van der Waals surface area contributed by atoms with Crippen molar-refractivity contribution in [1.29, 1.82) is 0 Å². The van der Waals surface area contributed by atoms with E-state index in [9.17, 15) is 9.59 Å². The van der Waals surface area contributed by atoms with Crippen molar-refractivity contribution in [2.75, 3.05) is 5.73 Å². The van der Waals surface area contributed by atoms with Crippen molar-refractivity contribution in [1.82, 2.24) is 19.1 Å². The Hall–Kier alpha value is -2.26. The molecule has 132 valence electrons. The predicted octanol–water partition coefficient (Wildman–Crippen LogP) is 2.02. The van der Waals surface area contributed by atoms with Crippen LogP contribution >= 0.6 is 22.7 Å². The van der Waals surface area contributed by atoms with E-state index in [0.717, 1.165) is 26.7 Å². The average molecular weight is 377 g/mol. The van der Waals surface area contributed by atoms with E-state index in [2.05, 4.69) is 9.97 Å². The third-order valence-electron chi connectivity index (χ3n) is 3.84. The summed E-state index contributed by atoms with van der Waals surface area (Å²) in [5, 5.41) is 5.68. The summed E-state index contributed by atoms with van der Waals surface area (Å²) in [6, 6.07) is 0. The molecule has 0 aliphatic heterocycles. The highest BCUT2D eigenvalue weighted by molar-refractivity contribution is 7.10. The molecule has 0 bridgehead atoms. The van der Waals surface area contributed by atoms with E-state index >= 15 is 0 Å². The highest BCUT2D eigenvalue weighted by Gasteiger charge is 2.19. The van der Waals surface area contributed by atoms with Crippen molar-refractivity contribution in [2.45, 2.75) is 33.2 Å². The van der Waals surface area contributed by atoms with Gasteiger partial charge in [0.15, 0.2) is 0 Å². The smallest absolute Gasteiger partial charge is 0.332 e. The molecule has 25 heavy (non-hydrogen) atoms. The van der Waals surface area contributed by atoms with Crippen LogP contribution in [0, 0.1) is 6.92 Å². The topological polar surface area (TPSA) is 95.8 Å². The Kier molecular flexibility index (Phi) is 4.87. The molecule has 0 saturated heterocycles. The molecule has 3 heterocycles. The first kappa shape index (κ1) is 17.6. The number of hydrogen-bond donors (Lipinski definition) is 1. The van der Waals surface area contributed by atoms with Gasteiger partial charge in [-0.05, 0) is 13.3 Å². The lowest BCUT2D eigenvalue weighted by atomic mass is 10.2. The van der Waals surface area contributed by atoms with Gasteiger partial charge in [0, 0.05) is 30.8 Å². The number of aryl methyl sites for hydroxylation is 1. The van der Waals surface area contributed by atoms with Crippen LogP contribution in [0.5, 0.6) is 0 Å². The van der Waals surface area contributed by atoms with Crippen molar-refractivity contribution in [3.05, 3.63) is 47.3 Å². The molecule has 7 nitrogen and oxygen atoms in total. The highest BCUT2D eigenvalue weighted by atomic mass is 32.1. The van der Waals surface area contributed by atoms with Gasteiger partial charge in [0.2, 0.25) is 0 Å². The number of nitrogens with zero attached hydrogens (tertiary/aromatic N) is 4. The molecule has 3 aromatic rings. The average Bonchev–Trinajstić information content (AvgIpc) is 3.19. The monoisotopic (exact) mass is 377 g/mol. The van der Waals surface area contributed by atoms with Gasteiger partial charge in [-0.1, -0.05) is 6.92 Å². The predicted molar refractivity (Wildman–Crippen MR) is 101 cm³/mol. The van der Waals surface area contributed by atoms with Crippen molar-refractivity contribution in [3.8, 4) is 11.3 Å². The lowest BCUT2D eigenvalue weighted by Crippen LogP contribution is -2.40. The molecule has 0 radical (unpaired) electrons. The lowest BCUT2D eigenvalue weighted by molar-refractivity contribution is 0.600. The molecule has 0 spiro atoms. The summed E-state index contributed by atoms with van der Waals surface area (Å²) in [6.07, 6.45) is 1.36. The number of anilines is 1. The number of nitrogen functional groups attached to an aromatic ring is 1. The summed E-state index contributed by atoms with van der Waals surface area (Å²) in [6.45, 7) is 4.37. The van der Waals surface area contributed by atoms with Gasteiger partial charge in [-0.2, -0.15) is 0 Å². The first-order valence-corrected chi connectivity index (χ1v) is 9.63. The maximum atomic E-state index is 12.6. The van der Waals surface area contributed by atoms with Crippen LogP contribution in [0.25, 0.3) is 11.3 Å². The van der Waals surface area contributed by atoms with Crippen molar-refractivity contribution in [2.24, 2.45) is 7.05 Å². The molecule has 0 saturated carbocycles. The van der Waals surface area contributed by atoms with Crippen LogP contribution in [0.1, 0.15) is 29.1 Å². The second kappa shape index (κ2) is 6.93. The molecule has 0 atom stereocenters. The van der Waals surface area contributed by atoms with E-state index < -0.39 is 11.2 Å². The van der Waals surface area contributed by atoms with Gasteiger partial charge in [-0.3, -0.25) is 13.9 Å². The Balaban J connectivity index is 2.05. The Morgan fingerprint density at radius 3 is 2.60 bits per heavy atom. The van der Waals surface area contributed by atoms with Crippen LogP contribution in [0.15, 0.2) is 20.3 Å². The third-order valence-corrected chi connectivity index (χ3v) is 5.51. The maximum Gasteiger partial charge on any atom is 0.332 e. The van der Waals surface area contributed by atoms with E-state index in [0.29, 0.717) is 18.7 Å². The second-order valence-corrected chi connectivity index (χ2v) is 7.72. The molecule has 0 amide bonds. The fraction of sp³-hybridized carbons (Fsp3) is 0.375. The van der Waals surface area contributed by atoms with Crippen LogP contribution in [-0.4, -0.2) is 19.1 Å². The number of aromatic nitrogens is 4. The van der Waals surface area contributed by atoms with E-state index in [4.69, 9.17) is 5.73 Å².